The molecule has 0 spiro atoms. The number of nitrogens with zero attached hydrogens (tertiary/aromatic N) is 1. The lowest BCUT2D eigenvalue weighted by Crippen LogP contribution is -2.14. The highest BCUT2D eigenvalue weighted by Crippen LogP contribution is 2.36. The van der Waals surface area contributed by atoms with Crippen molar-refractivity contribution in [2.75, 3.05) is 29.0 Å². The number of benzene rings is 3. The van der Waals surface area contributed by atoms with Crippen molar-refractivity contribution in [1.29, 1.82) is 0 Å². The quantitative estimate of drug-likeness (QED) is 0.610. The van der Waals surface area contributed by atoms with Crippen LogP contribution >= 0.6 is 0 Å². The van der Waals surface area contributed by atoms with Crippen molar-refractivity contribution in [2.45, 2.75) is 18.7 Å². The van der Waals surface area contributed by atoms with Gasteiger partial charge in [-0.25, -0.2) is 8.42 Å². The van der Waals surface area contributed by atoms with Gasteiger partial charge in [0.15, 0.2) is 0 Å². The van der Waals surface area contributed by atoms with Gasteiger partial charge in [-0.15, -0.1) is 0 Å². The highest BCUT2D eigenvalue weighted by Gasteiger charge is 2.26. The second kappa shape index (κ2) is 7.18. The molecule has 0 atom stereocenters. The molecule has 0 bridgehead atoms. The molecule has 154 valence electrons. The van der Waals surface area contributed by atoms with Crippen molar-refractivity contribution < 1.29 is 13.2 Å². The van der Waals surface area contributed by atoms with E-state index in [0.29, 0.717) is 27.9 Å². The molecule has 30 heavy (non-hydrogen) atoms. The summed E-state index contributed by atoms with van der Waals surface area (Å²) in [6.45, 7) is 3.72. The van der Waals surface area contributed by atoms with Crippen molar-refractivity contribution in [3.05, 3.63) is 65.7 Å². The number of nitrogens with one attached hydrogen (secondary N) is 2. The summed E-state index contributed by atoms with van der Waals surface area (Å²) in [6, 6.07) is 15.9. The number of sulfonamides is 1. The lowest BCUT2D eigenvalue weighted by atomic mass is 10.0. The Kier molecular flexibility index (Phi) is 4.78. The van der Waals surface area contributed by atoms with Crippen LogP contribution in [0, 0.1) is 0 Å². The van der Waals surface area contributed by atoms with Crippen LogP contribution in [0.3, 0.4) is 0 Å². The predicted octanol–water partition coefficient (Wildman–Crippen LogP) is 4.45. The Balaban J connectivity index is 1.78. The molecular weight excluding hydrogens is 398 g/mol. The van der Waals surface area contributed by atoms with Crippen molar-refractivity contribution in [3.63, 3.8) is 0 Å². The minimum atomic E-state index is -3.84. The van der Waals surface area contributed by atoms with Gasteiger partial charge in [0.25, 0.3) is 15.9 Å². The number of hydrogen-bond donors (Lipinski definition) is 2. The Morgan fingerprint density at radius 3 is 2.37 bits per heavy atom. The predicted molar refractivity (Wildman–Crippen MR) is 122 cm³/mol. The van der Waals surface area contributed by atoms with Crippen LogP contribution in [0.25, 0.3) is 16.3 Å². The number of fused-ring (bicyclic) bond motifs is 2. The first-order valence-corrected chi connectivity index (χ1v) is 11.0. The van der Waals surface area contributed by atoms with Gasteiger partial charge in [-0.2, -0.15) is 0 Å². The SMILES string of the molecule is CC(C)=C1C(=O)Nc2ccc(NS(=O)(=O)c3cccc4c(N(C)C)cccc34)cc21. The van der Waals surface area contributed by atoms with E-state index in [0.717, 1.165) is 16.6 Å². The van der Waals surface area contributed by atoms with Crippen molar-refractivity contribution in [3.8, 4) is 0 Å². The van der Waals surface area contributed by atoms with E-state index in [4.69, 9.17) is 0 Å². The zero-order valence-corrected chi connectivity index (χ0v) is 18.1. The largest absolute Gasteiger partial charge is 0.377 e. The smallest absolute Gasteiger partial charge is 0.262 e. The number of carbonyl (C=O) groups excluding carboxylic acids is 1. The molecule has 6 nitrogen and oxygen atoms in total. The summed E-state index contributed by atoms with van der Waals surface area (Å²) in [4.78, 5) is 14.4. The minimum Gasteiger partial charge on any atom is -0.377 e. The molecule has 3 aromatic carbocycles. The van der Waals surface area contributed by atoms with Gasteiger partial charge in [-0.1, -0.05) is 29.8 Å². The average molecular weight is 422 g/mol. The zero-order chi connectivity index (χ0) is 21.6. The third-order valence-corrected chi connectivity index (χ3v) is 6.59. The Labute approximate surface area is 176 Å². The van der Waals surface area contributed by atoms with Crippen LogP contribution < -0.4 is 14.9 Å². The van der Waals surface area contributed by atoms with E-state index in [1.54, 1.807) is 30.3 Å². The molecule has 0 saturated carbocycles. The molecule has 0 fully saturated rings. The summed E-state index contributed by atoms with van der Waals surface area (Å²) >= 11 is 0. The summed E-state index contributed by atoms with van der Waals surface area (Å²) < 4.78 is 29.2. The first-order chi connectivity index (χ1) is 14.2. The highest BCUT2D eigenvalue weighted by molar-refractivity contribution is 7.93. The number of allylic oxidation sites excluding steroid dienone is 1. The van der Waals surface area contributed by atoms with E-state index >= 15 is 0 Å². The molecule has 1 amide bonds. The van der Waals surface area contributed by atoms with Crippen LogP contribution in [0.2, 0.25) is 0 Å². The fourth-order valence-electron chi connectivity index (χ4n) is 3.83. The van der Waals surface area contributed by atoms with E-state index in [1.807, 2.05) is 57.1 Å². The van der Waals surface area contributed by atoms with Crippen molar-refractivity contribution in [2.24, 2.45) is 0 Å². The first-order valence-electron chi connectivity index (χ1n) is 9.54. The van der Waals surface area contributed by atoms with E-state index in [-0.39, 0.29) is 10.8 Å². The van der Waals surface area contributed by atoms with Gasteiger partial charge in [-0.05, 0) is 44.2 Å². The maximum absolute atomic E-state index is 13.3. The molecule has 4 rings (SSSR count). The molecule has 0 unspecified atom stereocenters. The van der Waals surface area contributed by atoms with Crippen LogP contribution in [-0.2, 0) is 14.8 Å². The minimum absolute atomic E-state index is 0.171. The number of carbonyl (C=O) groups is 1. The number of hydrogen-bond acceptors (Lipinski definition) is 4. The van der Waals surface area contributed by atoms with Crippen LogP contribution in [0.15, 0.2) is 65.1 Å². The third kappa shape index (κ3) is 3.31. The van der Waals surface area contributed by atoms with Gasteiger partial charge in [0.2, 0.25) is 0 Å². The molecule has 2 N–H and O–H groups in total. The van der Waals surface area contributed by atoms with Gasteiger partial charge in [0.05, 0.1) is 4.90 Å². The topological polar surface area (TPSA) is 78.5 Å². The summed E-state index contributed by atoms with van der Waals surface area (Å²) in [5, 5.41) is 4.33. The Morgan fingerprint density at radius 1 is 0.967 bits per heavy atom. The maximum atomic E-state index is 13.3. The van der Waals surface area contributed by atoms with Crippen LogP contribution in [-0.4, -0.2) is 28.4 Å². The lowest BCUT2D eigenvalue weighted by Gasteiger charge is -2.17. The lowest BCUT2D eigenvalue weighted by molar-refractivity contribution is -0.110. The molecule has 0 aliphatic carbocycles. The molecule has 0 aromatic heterocycles. The van der Waals surface area contributed by atoms with Gasteiger partial charge >= 0.3 is 0 Å². The average Bonchev–Trinajstić information content (AvgIpc) is 3.01. The van der Waals surface area contributed by atoms with E-state index in [9.17, 15) is 13.2 Å². The monoisotopic (exact) mass is 421 g/mol. The fraction of sp³-hybridized carbons (Fsp3) is 0.174. The van der Waals surface area contributed by atoms with E-state index in [1.165, 1.54) is 0 Å². The summed E-state index contributed by atoms with van der Waals surface area (Å²) in [5.41, 5.74) is 4.18. The molecule has 0 saturated heterocycles. The fourth-order valence-corrected chi connectivity index (χ4v) is 5.10. The zero-order valence-electron chi connectivity index (χ0n) is 17.3. The van der Waals surface area contributed by atoms with E-state index in [2.05, 4.69) is 10.0 Å². The third-order valence-electron chi connectivity index (χ3n) is 5.15. The molecule has 1 aliphatic heterocycles. The van der Waals surface area contributed by atoms with Gasteiger partial charge in [0.1, 0.15) is 0 Å². The number of rotatable bonds is 4. The molecular formula is C23H23N3O3S. The summed E-state index contributed by atoms with van der Waals surface area (Å²) in [7, 11) is 0.00999. The highest BCUT2D eigenvalue weighted by atomic mass is 32.2. The van der Waals surface area contributed by atoms with Crippen molar-refractivity contribution in [1.82, 2.24) is 0 Å². The van der Waals surface area contributed by atoms with Crippen molar-refractivity contribution >= 4 is 49.3 Å². The summed E-state index contributed by atoms with van der Waals surface area (Å²) in [5.74, 6) is -0.171. The molecule has 1 aliphatic rings. The van der Waals surface area contributed by atoms with Gasteiger partial charge in [0, 0.05) is 53.1 Å². The number of amides is 1. The number of anilines is 3. The maximum Gasteiger partial charge on any atom is 0.262 e. The van der Waals surface area contributed by atoms with Gasteiger partial charge in [-0.3, -0.25) is 9.52 Å². The standard InChI is InChI=1S/C23H23N3O3S/c1-14(2)22-18-13-15(11-12-19(18)24-23(22)27)25-30(28,29)21-10-6-7-16-17(21)8-5-9-20(16)26(3)4/h5-13,25H,1-4H3,(H,24,27). The summed E-state index contributed by atoms with van der Waals surface area (Å²) in [6.07, 6.45) is 0. The molecule has 0 radical (unpaired) electrons. The molecule has 3 aromatic rings. The second-order valence-electron chi connectivity index (χ2n) is 7.72. The van der Waals surface area contributed by atoms with Crippen LogP contribution in [0.1, 0.15) is 19.4 Å². The van der Waals surface area contributed by atoms with Gasteiger partial charge < -0.3 is 10.2 Å². The second-order valence-corrected chi connectivity index (χ2v) is 9.37. The van der Waals surface area contributed by atoms with Crippen LogP contribution in [0.4, 0.5) is 17.1 Å². The Bertz CT molecular complexity index is 1320. The Morgan fingerprint density at radius 2 is 1.67 bits per heavy atom. The molecule has 7 heteroatoms. The normalized spacial score (nSPS) is 13.2. The van der Waals surface area contributed by atoms with E-state index < -0.39 is 10.0 Å². The van der Waals surface area contributed by atoms with Crippen LogP contribution in [0.5, 0.6) is 0 Å². The molecule has 1 heterocycles. The first kappa shape index (κ1) is 20.0. The Hall–Kier alpha value is -3.32.